The number of carboxylic acid groups (broad SMARTS) is 1. The fourth-order valence-electron chi connectivity index (χ4n) is 2.35. The number of anilines is 1. The van der Waals surface area contributed by atoms with Gasteiger partial charge in [0.1, 0.15) is 4.88 Å². The van der Waals surface area contributed by atoms with E-state index < -0.39 is 12.0 Å². The number of halogens is 2. The first-order valence-electron chi connectivity index (χ1n) is 8.29. The quantitative estimate of drug-likeness (QED) is 0.455. The van der Waals surface area contributed by atoms with Crippen LogP contribution in [-0.2, 0) is 0 Å². The van der Waals surface area contributed by atoms with Crippen molar-refractivity contribution in [1.29, 1.82) is 0 Å². The summed E-state index contributed by atoms with van der Waals surface area (Å²) in [6.45, 7) is 2.67. The molecule has 2 aromatic rings. The van der Waals surface area contributed by atoms with E-state index in [1.165, 1.54) is 0 Å². The Morgan fingerprint density at radius 1 is 1.12 bits per heavy atom. The number of carbonyl (C=O) groups is 2. The Kier molecular flexibility index (Phi) is 7.75. The molecule has 0 unspecified atom stereocenters. The monoisotopic (exact) mass is 414 g/mol. The highest BCUT2D eigenvalue weighted by atomic mass is 35.5. The molecule has 0 aliphatic heterocycles. The van der Waals surface area contributed by atoms with E-state index in [-0.39, 0.29) is 10.6 Å². The van der Waals surface area contributed by atoms with E-state index in [9.17, 15) is 14.7 Å². The number of amides is 2. The van der Waals surface area contributed by atoms with Crippen molar-refractivity contribution in [3.63, 3.8) is 0 Å². The summed E-state index contributed by atoms with van der Waals surface area (Å²) in [5, 5.41) is 15.6. The number of urea groups is 1. The van der Waals surface area contributed by atoms with Gasteiger partial charge in [-0.3, -0.25) is 0 Å². The predicted molar refractivity (Wildman–Crippen MR) is 108 cm³/mol. The molecule has 0 aliphatic rings. The lowest BCUT2D eigenvalue weighted by atomic mass is 10.2. The molecule has 2 rings (SSSR count). The van der Waals surface area contributed by atoms with Crippen LogP contribution in [0.1, 0.15) is 42.3 Å². The van der Waals surface area contributed by atoms with Gasteiger partial charge < -0.3 is 15.7 Å². The lowest BCUT2D eigenvalue weighted by Crippen LogP contribution is -2.29. The van der Waals surface area contributed by atoms with Crippen molar-refractivity contribution in [1.82, 2.24) is 5.32 Å². The lowest BCUT2D eigenvalue weighted by molar-refractivity contribution is 0.0703. The van der Waals surface area contributed by atoms with E-state index in [1.54, 1.807) is 24.3 Å². The maximum Gasteiger partial charge on any atom is 0.348 e. The van der Waals surface area contributed by atoms with Crippen LogP contribution in [0.5, 0.6) is 0 Å². The zero-order valence-electron chi connectivity index (χ0n) is 14.3. The first-order chi connectivity index (χ1) is 12.4. The Labute approximate surface area is 166 Å². The highest BCUT2D eigenvalue weighted by molar-refractivity contribution is 7.18. The normalized spacial score (nSPS) is 10.6. The van der Waals surface area contributed by atoms with Crippen molar-refractivity contribution in [2.24, 2.45) is 0 Å². The van der Waals surface area contributed by atoms with Crippen LogP contribution in [0.15, 0.2) is 24.3 Å². The number of carbonyl (C=O) groups excluding carboxylic acids is 1. The summed E-state index contributed by atoms with van der Waals surface area (Å²) in [4.78, 5) is 24.3. The van der Waals surface area contributed by atoms with Gasteiger partial charge in [-0.05, 0) is 30.2 Å². The summed E-state index contributed by atoms with van der Waals surface area (Å²) in [6.07, 6.45) is 4.20. The van der Waals surface area contributed by atoms with Gasteiger partial charge in [-0.1, -0.05) is 55.5 Å². The molecule has 26 heavy (non-hydrogen) atoms. The fourth-order valence-corrected chi connectivity index (χ4v) is 3.60. The smallest absolute Gasteiger partial charge is 0.348 e. The topological polar surface area (TPSA) is 78.4 Å². The summed E-state index contributed by atoms with van der Waals surface area (Å²) < 4.78 is 0. The first kappa shape index (κ1) is 20.6. The second-order valence-corrected chi connectivity index (χ2v) is 7.60. The molecule has 0 bridgehead atoms. The maximum absolute atomic E-state index is 12.0. The molecule has 140 valence electrons. The zero-order chi connectivity index (χ0) is 19.1. The van der Waals surface area contributed by atoms with Crippen LogP contribution in [0.25, 0.3) is 10.4 Å². The maximum atomic E-state index is 12.0. The number of carboxylic acids is 1. The lowest BCUT2D eigenvalue weighted by Gasteiger charge is -2.06. The summed E-state index contributed by atoms with van der Waals surface area (Å²) in [7, 11) is 0. The van der Waals surface area contributed by atoms with Gasteiger partial charge in [0.2, 0.25) is 0 Å². The molecule has 5 nitrogen and oxygen atoms in total. The number of hydrogen-bond donors (Lipinski definition) is 3. The van der Waals surface area contributed by atoms with Crippen LogP contribution >= 0.6 is 34.5 Å². The van der Waals surface area contributed by atoms with E-state index >= 15 is 0 Å². The molecule has 0 saturated carbocycles. The molecule has 0 saturated heterocycles. The van der Waals surface area contributed by atoms with Crippen molar-refractivity contribution >= 4 is 52.2 Å². The van der Waals surface area contributed by atoms with Crippen molar-refractivity contribution in [2.45, 2.75) is 32.6 Å². The molecule has 8 heteroatoms. The largest absolute Gasteiger partial charge is 0.477 e. The van der Waals surface area contributed by atoms with E-state index in [1.807, 2.05) is 0 Å². The minimum atomic E-state index is -1.10. The van der Waals surface area contributed by atoms with E-state index in [4.69, 9.17) is 23.2 Å². The molecule has 0 spiro atoms. The summed E-state index contributed by atoms with van der Waals surface area (Å²) in [5.41, 5.74) is 0.995. The van der Waals surface area contributed by atoms with Gasteiger partial charge >= 0.3 is 12.0 Å². The Morgan fingerprint density at radius 2 is 1.88 bits per heavy atom. The average Bonchev–Trinajstić information content (AvgIpc) is 3.01. The minimum Gasteiger partial charge on any atom is -0.477 e. The Balaban J connectivity index is 2.10. The van der Waals surface area contributed by atoms with Crippen LogP contribution < -0.4 is 10.6 Å². The molecule has 1 aromatic carbocycles. The first-order valence-corrected chi connectivity index (χ1v) is 9.87. The third-order valence-electron chi connectivity index (χ3n) is 3.69. The van der Waals surface area contributed by atoms with E-state index in [0.29, 0.717) is 21.5 Å². The highest BCUT2D eigenvalue weighted by Crippen LogP contribution is 2.37. The summed E-state index contributed by atoms with van der Waals surface area (Å²) in [6, 6.07) is 6.28. The molecule has 0 fully saturated rings. The molecular weight excluding hydrogens is 395 g/mol. The third kappa shape index (κ3) is 5.62. The Morgan fingerprint density at radius 3 is 2.54 bits per heavy atom. The summed E-state index contributed by atoms with van der Waals surface area (Å²) in [5.74, 6) is -1.10. The van der Waals surface area contributed by atoms with Gasteiger partial charge in [-0.25, -0.2) is 9.59 Å². The van der Waals surface area contributed by atoms with E-state index in [2.05, 4.69) is 17.6 Å². The molecule has 1 aromatic heterocycles. The van der Waals surface area contributed by atoms with Crippen LogP contribution in [0.3, 0.4) is 0 Å². The van der Waals surface area contributed by atoms with Gasteiger partial charge in [0, 0.05) is 11.4 Å². The highest BCUT2D eigenvalue weighted by Gasteiger charge is 2.18. The number of unbranched alkanes of at least 4 members (excludes halogenated alkanes) is 3. The van der Waals surface area contributed by atoms with Crippen LogP contribution in [-0.4, -0.2) is 23.7 Å². The van der Waals surface area contributed by atoms with Gasteiger partial charge in [0.15, 0.2) is 0 Å². The Hall–Kier alpha value is -1.76. The van der Waals surface area contributed by atoms with Crippen LogP contribution in [0.4, 0.5) is 10.5 Å². The molecule has 2 amide bonds. The number of aromatic carboxylic acids is 1. The minimum absolute atomic E-state index is 0.0622. The van der Waals surface area contributed by atoms with Gasteiger partial charge in [-0.2, -0.15) is 0 Å². The molecule has 0 atom stereocenters. The molecule has 0 radical (unpaired) electrons. The molecule has 0 aliphatic carbocycles. The molecule has 3 N–H and O–H groups in total. The van der Waals surface area contributed by atoms with Gasteiger partial charge in [-0.15, -0.1) is 11.3 Å². The summed E-state index contributed by atoms with van der Waals surface area (Å²) >= 11 is 13.0. The Bertz CT molecular complexity index is 793. The number of hydrogen-bond acceptors (Lipinski definition) is 3. The number of thiophene rings is 1. The van der Waals surface area contributed by atoms with Crippen molar-refractivity contribution in [3.05, 3.63) is 39.2 Å². The second-order valence-electron chi connectivity index (χ2n) is 5.73. The standard InChI is InChI=1S/C18H20Cl2N2O3S/c1-2-3-4-5-8-21-18(25)22-14-10-15(26-16(14)17(23)24)11-6-7-12(19)13(20)9-11/h6-7,9-10H,2-5,8H2,1H3,(H,23,24)(H2,21,22,25). The average molecular weight is 415 g/mol. The zero-order valence-corrected chi connectivity index (χ0v) is 16.6. The van der Waals surface area contributed by atoms with E-state index in [0.717, 1.165) is 42.6 Å². The predicted octanol–water partition coefficient (Wildman–Crippen LogP) is 6.12. The second kappa shape index (κ2) is 9.80. The number of nitrogens with one attached hydrogen (secondary N) is 2. The third-order valence-corrected chi connectivity index (χ3v) is 5.61. The number of rotatable bonds is 8. The van der Waals surface area contributed by atoms with Crippen molar-refractivity contribution in [3.8, 4) is 10.4 Å². The molecule has 1 heterocycles. The molecular formula is C18H20Cl2N2O3S. The SMILES string of the molecule is CCCCCCNC(=O)Nc1cc(-c2ccc(Cl)c(Cl)c2)sc1C(=O)O. The van der Waals surface area contributed by atoms with Crippen LogP contribution in [0.2, 0.25) is 10.0 Å². The van der Waals surface area contributed by atoms with Gasteiger partial charge in [0.05, 0.1) is 15.7 Å². The van der Waals surface area contributed by atoms with Crippen molar-refractivity contribution in [2.75, 3.05) is 11.9 Å². The van der Waals surface area contributed by atoms with Gasteiger partial charge in [0.25, 0.3) is 0 Å². The van der Waals surface area contributed by atoms with Crippen molar-refractivity contribution < 1.29 is 14.7 Å². The number of benzene rings is 1. The fraction of sp³-hybridized carbons (Fsp3) is 0.333. The van der Waals surface area contributed by atoms with Crippen LogP contribution in [0, 0.1) is 0 Å².